The molecular formula is C17H30Cl4OSi. The molecule has 6 heteroatoms. The molecule has 0 saturated heterocycles. The Kier molecular flexibility index (Phi) is 7.08. The van der Waals surface area contributed by atoms with Crippen molar-refractivity contribution in [2.24, 2.45) is 5.92 Å². The molecule has 0 N–H and O–H groups in total. The van der Waals surface area contributed by atoms with Crippen molar-refractivity contribution < 1.29 is 4.43 Å². The SMILES string of the molecule is CC(C)(Cl)C1CCC(CC(Cl)(Cl)Cl)=C1CO[Si](C)(C)C(C)(C)C. The van der Waals surface area contributed by atoms with Crippen LogP contribution in [0, 0.1) is 5.92 Å². The van der Waals surface area contributed by atoms with E-state index < -0.39 is 12.1 Å². The summed E-state index contributed by atoms with van der Waals surface area (Å²) in [7, 11) is -1.83. The van der Waals surface area contributed by atoms with E-state index >= 15 is 0 Å². The van der Waals surface area contributed by atoms with Gasteiger partial charge in [0.05, 0.1) is 6.61 Å². The minimum absolute atomic E-state index is 0.174. The van der Waals surface area contributed by atoms with E-state index in [9.17, 15) is 0 Å². The second kappa shape index (κ2) is 7.37. The molecule has 0 amide bonds. The number of hydrogen-bond acceptors (Lipinski definition) is 1. The van der Waals surface area contributed by atoms with Crippen molar-refractivity contribution in [2.45, 2.75) is 80.7 Å². The molecule has 0 fully saturated rings. The molecule has 0 bridgehead atoms. The van der Waals surface area contributed by atoms with Crippen molar-refractivity contribution >= 4 is 54.7 Å². The molecule has 0 aromatic carbocycles. The van der Waals surface area contributed by atoms with E-state index in [0.29, 0.717) is 13.0 Å². The minimum atomic E-state index is -1.83. The fraction of sp³-hybridized carbons (Fsp3) is 0.882. The fourth-order valence-electron chi connectivity index (χ4n) is 2.78. The predicted molar refractivity (Wildman–Crippen MR) is 108 cm³/mol. The monoisotopic (exact) mass is 418 g/mol. The summed E-state index contributed by atoms with van der Waals surface area (Å²) in [5.41, 5.74) is 2.46. The zero-order valence-corrected chi connectivity index (χ0v) is 19.3. The highest BCUT2D eigenvalue weighted by atomic mass is 35.6. The molecule has 1 aliphatic carbocycles. The molecule has 1 nitrogen and oxygen atoms in total. The lowest BCUT2D eigenvalue weighted by molar-refractivity contribution is 0.297. The molecule has 0 aromatic rings. The highest BCUT2D eigenvalue weighted by molar-refractivity contribution is 6.74. The molecule has 0 spiro atoms. The van der Waals surface area contributed by atoms with E-state index in [2.05, 4.69) is 47.7 Å². The second-order valence-electron chi connectivity index (χ2n) is 8.63. The Morgan fingerprint density at radius 1 is 1.04 bits per heavy atom. The largest absolute Gasteiger partial charge is 0.413 e. The Hall–Kier alpha value is 1.08. The first-order valence-electron chi connectivity index (χ1n) is 8.15. The van der Waals surface area contributed by atoms with Gasteiger partial charge in [-0.3, -0.25) is 0 Å². The lowest BCUT2D eigenvalue weighted by Gasteiger charge is -2.37. The highest BCUT2D eigenvalue weighted by Crippen LogP contribution is 2.47. The van der Waals surface area contributed by atoms with Gasteiger partial charge in [-0.05, 0) is 50.4 Å². The third-order valence-corrected chi connectivity index (χ3v) is 10.4. The van der Waals surface area contributed by atoms with Gasteiger partial charge in [-0.2, -0.15) is 0 Å². The fourth-order valence-corrected chi connectivity index (χ4v) is 4.45. The number of hydrogen-bond donors (Lipinski definition) is 0. The zero-order valence-electron chi connectivity index (χ0n) is 15.3. The Labute approximate surface area is 163 Å². The molecule has 136 valence electrons. The Bertz CT molecular complexity index is 453. The van der Waals surface area contributed by atoms with Crippen molar-refractivity contribution in [3.63, 3.8) is 0 Å². The van der Waals surface area contributed by atoms with Crippen LogP contribution in [0.4, 0.5) is 0 Å². The van der Waals surface area contributed by atoms with Crippen molar-refractivity contribution in [1.29, 1.82) is 0 Å². The third kappa shape index (κ3) is 6.38. The van der Waals surface area contributed by atoms with Gasteiger partial charge < -0.3 is 4.43 Å². The number of alkyl halides is 4. The quantitative estimate of drug-likeness (QED) is 0.254. The normalized spacial score (nSPS) is 21.3. The Morgan fingerprint density at radius 2 is 1.57 bits per heavy atom. The molecule has 0 aromatic heterocycles. The van der Waals surface area contributed by atoms with Crippen LogP contribution in [0.1, 0.15) is 53.9 Å². The number of rotatable bonds is 5. The van der Waals surface area contributed by atoms with Crippen LogP contribution in [0.25, 0.3) is 0 Å². The average molecular weight is 420 g/mol. The van der Waals surface area contributed by atoms with Crippen molar-refractivity contribution in [1.82, 2.24) is 0 Å². The van der Waals surface area contributed by atoms with Crippen molar-refractivity contribution in [3.8, 4) is 0 Å². The van der Waals surface area contributed by atoms with Crippen LogP contribution in [0.15, 0.2) is 11.1 Å². The number of halogens is 4. The molecule has 1 rings (SSSR count). The zero-order chi connectivity index (χ0) is 18.3. The second-order valence-corrected chi connectivity index (χ2v) is 16.9. The number of allylic oxidation sites excluding steroid dienone is 1. The van der Waals surface area contributed by atoms with Crippen LogP contribution in [0.5, 0.6) is 0 Å². The third-order valence-electron chi connectivity index (χ3n) is 5.25. The maximum atomic E-state index is 6.63. The lowest BCUT2D eigenvalue weighted by atomic mass is 9.88. The molecule has 0 saturated carbocycles. The molecule has 23 heavy (non-hydrogen) atoms. The highest BCUT2D eigenvalue weighted by Gasteiger charge is 2.41. The van der Waals surface area contributed by atoms with Gasteiger partial charge in [0.1, 0.15) is 0 Å². The first-order valence-corrected chi connectivity index (χ1v) is 12.6. The summed E-state index contributed by atoms with van der Waals surface area (Å²) < 4.78 is 5.18. The predicted octanol–water partition coefficient (Wildman–Crippen LogP) is 7.49. The molecule has 0 heterocycles. The van der Waals surface area contributed by atoms with Crippen molar-refractivity contribution in [3.05, 3.63) is 11.1 Å². The average Bonchev–Trinajstić information content (AvgIpc) is 2.65. The van der Waals surface area contributed by atoms with E-state index in [1.54, 1.807) is 0 Å². The van der Waals surface area contributed by atoms with E-state index in [1.165, 1.54) is 11.1 Å². The van der Waals surface area contributed by atoms with Gasteiger partial charge in [0.25, 0.3) is 0 Å². The summed E-state index contributed by atoms with van der Waals surface area (Å²) in [6.07, 6.45) is 2.39. The van der Waals surface area contributed by atoms with Crippen LogP contribution in [0.3, 0.4) is 0 Å². The van der Waals surface area contributed by atoms with E-state index in [0.717, 1.165) is 12.8 Å². The molecule has 1 atom stereocenters. The van der Waals surface area contributed by atoms with Crippen LogP contribution in [-0.4, -0.2) is 23.6 Å². The molecule has 0 radical (unpaired) electrons. The first-order chi connectivity index (χ1) is 10.0. The summed E-state index contributed by atoms with van der Waals surface area (Å²) in [4.78, 5) is -0.318. The van der Waals surface area contributed by atoms with Crippen LogP contribution >= 0.6 is 46.4 Å². The standard InChI is InChI=1S/C17H30Cl4OSi/c1-15(2,3)23(6,7)22-11-13-12(10-17(19,20)21)8-9-14(13)16(4,5)18/h14H,8-11H2,1-7H3. The van der Waals surface area contributed by atoms with E-state index in [-0.39, 0.29) is 15.8 Å². The summed E-state index contributed by atoms with van der Waals surface area (Å²) in [5, 5.41) is 0.174. The molecule has 1 aliphatic rings. The lowest BCUT2D eigenvalue weighted by Crippen LogP contribution is -2.42. The maximum Gasteiger partial charge on any atom is 0.194 e. The Morgan fingerprint density at radius 3 is 1.96 bits per heavy atom. The van der Waals surface area contributed by atoms with Gasteiger partial charge in [-0.1, -0.05) is 61.1 Å². The van der Waals surface area contributed by atoms with Gasteiger partial charge in [0.15, 0.2) is 12.1 Å². The van der Waals surface area contributed by atoms with Gasteiger partial charge in [0, 0.05) is 17.2 Å². The summed E-state index contributed by atoms with van der Waals surface area (Å²) in [6, 6.07) is 0. The van der Waals surface area contributed by atoms with Gasteiger partial charge >= 0.3 is 0 Å². The maximum absolute atomic E-state index is 6.63. The summed E-state index contributed by atoms with van der Waals surface area (Å²) >= 11 is 24.7. The summed E-state index contributed by atoms with van der Waals surface area (Å²) in [6.45, 7) is 16.0. The topological polar surface area (TPSA) is 9.23 Å². The van der Waals surface area contributed by atoms with E-state index in [1.807, 2.05) is 0 Å². The smallest absolute Gasteiger partial charge is 0.194 e. The minimum Gasteiger partial charge on any atom is -0.413 e. The van der Waals surface area contributed by atoms with Gasteiger partial charge in [-0.15, -0.1) is 11.6 Å². The van der Waals surface area contributed by atoms with Gasteiger partial charge in [-0.25, -0.2) is 0 Å². The first kappa shape index (κ1) is 22.1. The van der Waals surface area contributed by atoms with Crippen LogP contribution in [-0.2, 0) is 4.43 Å². The van der Waals surface area contributed by atoms with Crippen LogP contribution in [0.2, 0.25) is 18.1 Å². The van der Waals surface area contributed by atoms with Crippen LogP contribution < -0.4 is 0 Å². The Balaban J connectivity index is 3.04. The van der Waals surface area contributed by atoms with Crippen molar-refractivity contribution in [2.75, 3.05) is 6.61 Å². The van der Waals surface area contributed by atoms with Gasteiger partial charge in [0.2, 0.25) is 0 Å². The molecule has 0 aliphatic heterocycles. The molecule has 1 unspecified atom stereocenters. The molecular weight excluding hydrogens is 390 g/mol. The summed E-state index contributed by atoms with van der Waals surface area (Å²) in [5.74, 6) is 0.274. The van der Waals surface area contributed by atoms with E-state index in [4.69, 9.17) is 50.8 Å².